The number of hydrazine groups is 1. The second-order valence-corrected chi connectivity index (χ2v) is 5.85. The Morgan fingerprint density at radius 2 is 2.09 bits per heavy atom. The molecule has 1 heterocycles. The number of hydrogen-bond acceptors (Lipinski definition) is 5. The third-order valence-electron chi connectivity index (χ3n) is 2.71. The Bertz CT molecular complexity index is 742. The number of halogens is 2. The third-order valence-corrected chi connectivity index (χ3v) is 3.58. The fourth-order valence-corrected chi connectivity index (χ4v) is 2.18. The summed E-state index contributed by atoms with van der Waals surface area (Å²) in [5.74, 6) is 4.43. The maximum Gasteiger partial charge on any atom is 0.276 e. The summed E-state index contributed by atoms with van der Waals surface area (Å²) in [4.78, 5) is 16.1. The molecule has 0 radical (unpaired) electrons. The molecule has 2 aromatic rings. The second-order valence-electron chi connectivity index (χ2n) is 4.18. The molecular weight excluding hydrogens is 420 g/mol. The summed E-state index contributed by atoms with van der Waals surface area (Å²) in [7, 11) is 0. The molecule has 0 spiro atoms. The normalized spacial score (nSPS) is 10.1. The monoisotopic (exact) mass is 431 g/mol. The molecule has 0 aliphatic heterocycles. The SMILES string of the molecule is NC(=S)N(N)C(=O)c1ccncc1Nc1ccc(I)cc1F. The van der Waals surface area contributed by atoms with Crippen LogP contribution in [0.2, 0.25) is 0 Å². The molecule has 1 aromatic carbocycles. The summed E-state index contributed by atoms with van der Waals surface area (Å²) in [6.07, 6.45) is 2.80. The minimum Gasteiger partial charge on any atom is -0.375 e. The zero-order valence-corrected chi connectivity index (χ0v) is 14.1. The van der Waals surface area contributed by atoms with Gasteiger partial charge in [0.25, 0.3) is 5.91 Å². The predicted molar refractivity (Wildman–Crippen MR) is 93.8 cm³/mol. The van der Waals surface area contributed by atoms with Crippen molar-refractivity contribution in [2.45, 2.75) is 0 Å². The van der Waals surface area contributed by atoms with E-state index >= 15 is 0 Å². The van der Waals surface area contributed by atoms with Gasteiger partial charge in [-0.05, 0) is 59.1 Å². The molecule has 5 N–H and O–H groups in total. The molecule has 0 fully saturated rings. The smallest absolute Gasteiger partial charge is 0.276 e. The zero-order chi connectivity index (χ0) is 16.3. The van der Waals surface area contributed by atoms with Crippen LogP contribution in [0.1, 0.15) is 10.4 Å². The van der Waals surface area contributed by atoms with Crippen molar-refractivity contribution >= 4 is 57.2 Å². The lowest BCUT2D eigenvalue weighted by Crippen LogP contribution is -2.45. The van der Waals surface area contributed by atoms with Gasteiger partial charge < -0.3 is 11.1 Å². The number of thiocarbonyl (C=S) groups is 1. The first-order valence-electron chi connectivity index (χ1n) is 5.95. The number of amides is 1. The van der Waals surface area contributed by atoms with Gasteiger partial charge in [0.2, 0.25) is 0 Å². The lowest BCUT2D eigenvalue weighted by Gasteiger charge is -2.17. The van der Waals surface area contributed by atoms with Crippen LogP contribution in [-0.2, 0) is 0 Å². The number of carbonyl (C=O) groups is 1. The van der Waals surface area contributed by atoms with Crippen molar-refractivity contribution < 1.29 is 9.18 Å². The maximum absolute atomic E-state index is 13.9. The Hall–Kier alpha value is -1.85. The van der Waals surface area contributed by atoms with Gasteiger partial charge >= 0.3 is 0 Å². The molecule has 9 heteroatoms. The minimum atomic E-state index is -0.622. The lowest BCUT2D eigenvalue weighted by molar-refractivity contribution is 0.0849. The summed E-state index contributed by atoms with van der Waals surface area (Å²) in [5, 5.41) is 3.18. The molecule has 0 saturated heterocycles. The zero-order valence-electron chi connectivity index (χ0n) is 11.1. The number of nitrogens with one attached hydrogen (secondary N) is 1. The van der Waals surface area contributed by atoms with E-state index in [-0.39, 0.29) is 16.4 Å². The number of nitrogens with two attached hydrogens (primary N) is 2. The lowest BCUT2D eigenvalue weighted by atomic mass is 10.2. The van der Waals surface area contributed by atoms with E-state index in [4.69, 9.17) is 11.6 Å². The Kier molecular flexibility index (Phi) is 5.21. The first-order valence-corrected chi connectivity index (χ1v) is 7.43. The summed E-state index contributed by atoms with van der Waals surface area (Å²) in [6.45, 7) is 0. The molecule has 1 aromatic heterocycles. The average molecular weight is 431 g/mol. The number of anilines is 2. The van der Waals surface area contributed by atoms with Crippen LogP contribution in [0.5, 0.6) is 0 Å². The van der Waals surface area contributed by atoms with Crippen molar-refractivity contribution in [3.63, 3.8) is 0 Å². The fraction of sp³-hybridized carbons (Fsp3) is 0. The van der Waals surface area contributed by atoms with Crippen molar-refractivity contribution in [3.8, 4) is 0 Å². The van der Waals surface area contributed by atoms with Gasteiger partial charge in [-0.2, -0.15) is 0 Å². The van der Waals surface area contributed by atoms with Crippen LogP contribution in [0.25, 0.3) is 0 Å². The standard InChI is InChI=1S/C13H11FIN5OS/c14-9-5-7(15)1-2-10(9)19-11-6-18-4-3-8(11)12(21)20(17)13(16)22/h1-6,19H,17H2,(H2,16,22). The molecule has 0 aliphatic rings. The molecule has 0 saturated carbocycles. The van der Waals surface area contributed by atoms with E-state index in [0.29, 0.717) is 10.7 Å². The number of carbonyl (C=O) groups excluding carboxylic acids is 1. The number of benzene rings is 1. The van der Waals surface area contributed by atoms with Gasteiger partial charge in [-0.15, -0.1) is 0 Å². The van der Waals surface area contributed by atoms with Crippen molar-refractivity contribution in [2.75, 3.05) is 5.32 Å². The highest BCUT2D eigenvalue weighted by atomic mass is 127. The van der Waals surface area contributed by atoms with Crippen molar-refractivity contribution in [3.05, 3.63) is 51.6 Å². The van der Waals surface area contributed by atoms with Gasteiger partial charge in [-0.3, -0.25) is 9.78 Å². The fourth-order valence-electron chi connectivity index (χ4n) is 1.65. The van der Waals surface area contributed by atoms with Crippen LogP contribution in [0.15, 0.2) is 36.7 Å². The highest BCUT2D eigenvalue weighted by molar-refractivity contribution is 14.1. The molecule has 0 unspecified atom stereocenters. The van der Waals surface area contributed by atoms with Gasteiger partial charge in [0.15, 0.2) is 5.11 Å². The highest BCUT2D eigenvalue weighted by Gasteiger charge is 2.19. The first-order chi connectivity index (χ1) is 10.4. The molecule has 0 aliphatic carbocycles. The van der Waals surface area contributed by atoms with Crippen molar-refractivity contribution in [1.29, 1.82) is 0 Å². The summed E-state index contributed by atoms with van der Waals surface area (Å²) < 4.78 is 14.7. The third kappa shape index (κ3) is 3.67. The first kappa shape index (κ1) is 16.5. The van der Waals surface area contributed by atoms with E-state index in [1.807, 2.05) is 22.6 Å². The number of aromatic nitrogens is 1. The number of nitrogens with zero attached hydrogens (tertiary/aromatic N) is 2. The maximum atomic E-state index is 13.9. The Balaban J connectivity index is 2.36. The summed E-state index contributed by atoms with van der Waals surface area (Å²) in [5.41, 5.74) is 6.00. The van der Waals surface area contributed by atoms with Gasteiger partial charge in [-0.25, -0.2) is 15.2 Å². The van der Waals surface area contributed by atoms with Crippen LogP contribution in [0.3, 0.4) is 0 Å². The summed E-state index contributed by atoms with van der Waals surface area (Å²) in [6, 6.07) is 6.10. The molecule has 0 bridgehead atoms. The van der Waals surface area contributed by atoms with Crippen molar-refractivity contribution in [2.24, 2.45) is 11.6 Å². The molecule has 0 atom stereocenters. The Labute approximate surface area is 144 Å². The van der Waals surface area contributed by atoms with E-state index in [1.165, 1.54) is 24.5 Å². The van der Waals surface area contributed by atoms with E-state index in [0.717, 1.165) is 3.57 Å². The molecule has 114 valence electrons. The quantitative estimate of drug-likeness (QED) is 0.227. The molecule has 1 amide bonds. The number of pyridine rings is 1. The van der Waals surface area contributed by atoms with Gasteiger partial charge in [-0.1, -0.05) is 0 Å². The minimum absolute atomic E-state index is 0.170. The van der Waals surface area contributed by atoms with Crippen LogP contribution >= 0.6 is 34.8 Å². The molecule has 2 rings (SSSR count). The van der Waals surface area contributed by atoms with Crippen molar-refractivity contribution in [1.82, 2.24) is 9.99 Å². The van der Waals surface area contributed by atoms with E-state index in [2.05, 4.69) is 22.5 Å². The topological polar surface area (TPSA) is 97.3 Å². The molecular formula is C13H11FIN5OS. The number of hydrogen-bond donors (Lipinski definition) is 3. The molecule has 6 nitrogen and oxygen atoms in total. The van der Waals surface area contributed by atoms with Crippen LogP contribution in [0.4, 0.5) is 15.8 Å². The Morgan fingerprint density at radius 3 is 2.73 bits per heavy atom. The van der Waals surface area contributed by atoms with E-state index in [1.54, 1.807) is 12.1 Å². The van der Waals surface area contributed by atoms with Crippen LogP contribution in [0, 0.1) is 9.39 Å². The largest absolute Gasteiger partial charge is 0.375 e. The highest BCUT2D eigenvalue weighted by Crippen LogP contribution is 2.24. The van der Waals surface area contributed by atoms with Crippen LogP contribution < -0.4 is 16.9 Å². The molecule has 22 heavy (non-hydrogen) atoms. The van der Waals surface area contributed by atoms with Gasteiger partial charge in [0.1, 0.15) is 5.82 Å². The van der Waals surface area contributed by atoms with Crippen LogP contribution in [-0.4, -0.2) is 21.0 Å². The Morgan fingerprint density at radius 1 is 1.36 bits per heavy atom. The van der Waals surface area contributed by atoms with E-state index in [9.17, 15) is 9.18 Å². The van der Waals surface area contributed by atoms with Gasteiger partial charge in [0, 0.05) is 9.77 Å². The van der Waals surface area contributed by atoms with Gasteiger partial charge in [0.05, 0.1) is 23.1 Å². The summed E-state index contributed by atoms with van der Waals surface area (Å²) >= 11 is 6.66. The second kappa shape index (κ2) is 6.94. The van der Waals surface area contributed by atoms with E-state index < -0.39 is 11.7 Å². The number of rotatable bonds is 3. The average Bonchev–Trinajstić information content (AvgIpc) is 2.49. The predicted octanol–water partition coefficient (Wildman–Crippen LogP) is 2.13.